The molecular formula is C12H21NO3. The third-order valence-electron chi connectivity index (χ3n) is 3.39. The predicted molar refractivity (Wildman–Crippen MR) is 60.1 cm³/mol. The zero-order chi connectivity index (χ0) is 11.2. The van der Waals surface area contributed by atoms with E-state index < -0.39 is 0 Å². The third kappa shape index (κ3) is 3.76. The summed E-state index contributed by atoms with van der Waals surface area (Å²) >= 11 is 0. The van der Waals surface area contributed by atoms with Gasteiger partial charge in [0.25, 0.3) is 0 Å². The molecule has 0 spiro atoms. The van der Waals surface area contributed by atoms with Crippen LogP contribution in [0.1, 0.15) is 32.1 Å². The smallest absolute Gasteiger partial charge is 0.319 e. The molecule has 1 saturated heterocycles. The molecule has 2 rings (SSSR count). The van der Waals surface area contributed by atoms with E-state index in [0.717, 1.165) is 19.6 Å². The van der Waals surface area contributed by atoms with Crippen molar-refractivity contribution in [3.05, 3.63) is 0 Å². The Morgan fingerprint density at radius 1 is 1.31 bits per heavy atom. The topological polar surface area (TPSA) is 47.6 Å². The fourth-order valence-corrected chi connectivity index (χ4v) is 2.33. The van der Waals surface area contributed by atoms with Crippen LogP contribution in [0.5, 0.6) is 0 Å². The fourth-order valence-electron chi connectivity index (χ4n) is 2.33. The molecular weight excluding hydrogens is 206 g/mol. The molecule has 2 fully saturated rings. The number of carbonyl (C=O) groups excluding carboxylic acids is 1. The molecule has 0 radical (unpaired) electrons. The molecule has 0 bridgehead atoms. The molecule has 4 heteroatoms. The van der Waals surface area contributed by atoms with Crippen molar-refractivity contribution in [2.45, 2.75) is 38.1 Å². The Bertz CT molecular complexity index is 198. The van der Waals surface area contributed by atoms with Crippen LogP contribution in [0.4, 0.5) is 0 Å². The Morgan fingerprint density at radius 2 is 2.12 bits per heavy atom. The predicted octanol–water partition coefficient (Wildman–Crippen LogP) is 1.10. The van der Waals surface area contributed by atoms with E-state index in [1.165, 1.54) is 25.7 Å². The lowest BCUT2D eigenvalue weighted by atomic mass is 10.1. The summed E-state index contributed by atoms with van der Waals surface area (Å²) in [6.45, 7) is 2.43. The number of nitrogens with one attached hydrogen (secondary N) is 1. The van der Waals surface area contributed by atoms with Crippen molar-refractivity contribution in [3.63, 3.8) is 0 Å². The molecule has 0 aromatic rings. The van der Waals surface area contributed by atoms with Crippen LogP contribution in [0.2, 0.25) is 0 Å². The highest BCUT2D eigenvalue weighted by Crippen LogP contribution is 2.17. The molecule has 1 aliphatic heterocycles. The van der Waals surface area contributed by atoms with E-state index in [1.807, 2.05) is 0 Å². The van der Waals surface area contributed by atoms with Crippen molar-refractivity contribution < 1.29 is 14.3 Å². The molecule has 0 aromatic carbocycles. The van der Waals surface area contributed by atoms with Crippen LogP contribution in [-0.2, 0) is 14.3 Å². The zero-order valence-corrected chi connectivity index (χ0v) is 9.74. The highest BCUT2D eigenvalue weighted by Gasteiger charge is 2.19. The SMILES string of the molecule is O=C(CNC1CCCC1)OCC1CCOC1. The van der Waals surface area contributed by atoms with Crippen LogP contribution < -0.4 is 5.32 Å². The molecule has 1 heterocycles. The van der Waals surface area contributed by atoms with E-state index in [2.05, 4.69) is 5.32 Å². The van der Waals surface area contributed by atoms with Crippen molar-refractivity contribution in [1.82, 2.24) is 5.32 Å². The first-order chi connectivity index (χ1) is 7.84. The highest BCUT2D eigenvalue weighted by atomic mass is 16.5. The second-order valence-electron chi connectivity index (χ2n) is 4.77. The summed E-state index contributed by atoms with van der Waals surface area (Å²) in [7, 11) is 0. The Balaban J connectivity index is 1.53. The lowest BCUT2D eigenvalue weighted by Crippen LogP contribution is -2.33. The second kappa shape index (κ2) is 6.21. The molecule has 1 atom stereocenters. The summed E-state index contributed by atoms with van der Waals surface area (Å²) in [6, 6.07) is 0.530. The lowest BCUT2D eigenvalue weighted by molar-refractivity contribution is -0.144. The maximum absolute atomic E-state index is 11.4. The van der Waals surface area contributed by atoms with Crippen molar-refractivity contribution in [2.24, 2.45) is 5.92 Å². The van der Waals surface area contributed by atoms with E-state index in [4.69, 9.17) is 9.47 Å². The zero-order valence-electron chi connectivity index (χ0n) is 9.74. The van der Waals surface area contributed by atoms with Gasteiger partial charge in [0, 0.05) is 18.6 Å². The van der Waals surface area contributed by atoms with Gasteiger partial charge in [0.1, 0.15) is 0 Å². The van der Waals surface area contributed by atoms with Gasteiger partial charge in [-0.25, -0.2) is 0 Å². The van der Waals surface area contributed by atoms with E-state index in [1.54, 1.807) is 0 Å². The van der Waals surface area contributed by atoms with Gasteiger partial charge in [-0.05, 0) is 19.3 Å². The number of esters is 1. The lowest BCUT2D eigenvalue weighted by Gasteiger charge is -2.12. The van der Waals surface area contributed by atoms with E-state index in [0.29, 0.717) is 25.1 Å². The number of carbonyl (C=O) groups is 1. The number of hydrogen-bond donors (Lipinski definition) is 1. The average Bonchev–Trinajstić information content (AvgIpc) is 2.96. The standard InChI is InChI=1S/C12H21NO3/c14-12(7-13-11-3-1-2-4-11)16-9-10-5-6-15-8-10/h10-11,13H,1-9H2. The van der Waals surface area contributed by atoms with Crippen molar-refractivity contribution in [2.75, 3.05) is 26.4 Å². The molecule has 4 nitrogen and oxygen atoms in total. The summed E-state index contributed by atoms with van der Waals surface area (Å²) in [4.78, 5) is 11.4. The normalized spacial score (nSPS) is 26.1. The fraction of sp³-hybridized carbons (Fsp3) is 0.917. The number of hydrogen-bond acceptors (Lipinski definition) is 4. The molecule has 0 aromatic heterocycles. The van der Waals surface area contributed by atoms with Crippen LogP contribution in [0.3, 0.4) is 0 Å². The van der Waals surface area contributed by atoms with Crippen LogP contribution in [0.25, 0.3) is 0 Å². The quantitative estimate of drug-likeness (QED) is 0.714. The highest BCUT2D eigenvalue weighted by molar-refractivity contribution is 5.71. The van der Waals surface area contributed by atoms with Gasteiger partial charge < -0.3 is 14.8 Å². The first-order valence-electron chi connectivity index (χ1n) is 6.31. The largest absolute Gasteiger partial charge is 0.464 e. The van der Waals surface area contributed by atoms with E-state index in [9.17, 15) is 4.79 Å². The summed E-state index contributed by atoms with van der Waals surface area (Å²) in [5.74, 6) is 0.286. The molecule has 0 amide bonds. The van der Waals surface area contributed by atoms with Gasteiger partial charge in [0.05, 0.1) is 19.8 Å². The first-order valence-corrected chi connectivity index (χ1v) is 6.31. The van der Waals surface area contributed by atoms with Crippen LogP contribution >= 0.6 is 0 Å². The average molecular weight is 227 g/mol. The monoisotopic (exact) mass is 227 g/mol. The van der Waals surface area contributed by atoms with Gasteiger partial charge in [-0.1, -0.05) is 12.8 Å². The number of ether oxygens (including phenoxy) is 2. The minimum atomic E-state index is -0.126. The third-order valence-corrected chi connectivity index (χ3v) is 3.39. The van der Waals surface area contributed by atoms with Gasteiger partial charge >= 0.3 is 5.97 Å². The maximum atomic E-state index is 11.4. The minimum absolute atomic E-state index is 0.126. The maximum Gasteiger partial charge on any atom is 0.319 e. The number of rotatable bonds is 5. The summed E-state index contributed by atoms with van der Waals surface area (Å²) in [6.07, 6.45) is 5.98. The van der Waals surface area contributed by atoms with Gasteiger partial charge in [-0.15, -0.1) is 0 Å². The van der Waals surface area contributed by atoms with Crippen molar-refractivity contribution in [3.8, 4) is 0 Å². The molecule has 2 aliphatic rings. The van der Waals surface area contributed by atoms with Crippen LogP contribution in [-0.4, -0.2) is 38.4 Å². The first kappa shape index (κ1) is 11.9. The van der Waals surface area contributed by atoms with Gasteiger partial charge in [0.2, 0.25) is 0 Å². The van der Waals surface area contributed by atoms with E-state index >= 15 is 0 Å². The van der Waals surface area contributed by atoms with Crippen molar-refractivity contribution in [1.29, 1.82) is 0 Å². The minimum Gasteiger partial charge on any atom is -0.464 e. The molecule has 16 heavy (non-hydrogen) atoms. The van der Waals surface area contributed by atoms with Gasteiger partial charge in [-0.3, -0.25) is 4.79 Å². The van der Waals surface area contributed by atoms with Crippen LogP contribution in [0.15, 0.2) is 0 Å². The molecule has 1 aliphatic carbocycles. The summed E-state index contributed by atoms with van der Waals surface area (Å²) < 4.78 is 10.4. The summed E-state index contributed by atoms with van der Waals surface area (Å²) in [5, 5.41) is 3.25. The van der Waals surface area contributed by atoms with E-state index in [-0.39, 0.29) is 5.97 Å². The van der Waals surface area contributed by atoms with Crippen molar-refractivity contribution >= 4 is 5.97 Å². The Morgan fingerprint density at radius 3 is 2.81 bits per heavy atom. The van der Waals surface area contributed by atoms with Gasteiger partial charge in [0.15, 0.2) is 0 Å². The molecule has 92 valence electrons. The Hall–Kier alpha value is -0.610. The molecule has 1 N–H and O–H groups in total. The Kier molecular flexibility index (Phi) is 4.60. The van der Waals surface area contributed by atoms with Crippen LogP contribution in [0, 0.1) is 5.92 Å². The second-order valence-corrected chi connectivity index (χ2v) is 4.77. The van der Waals surface area contributed by atoms with Gasteiger partial charge in [-0.2, -0.15) is 0 Å². The molecule has 1 saturated carbocycles. The summed E-state index contributed by atoms with van der Waals surface area (Å²) in [5.41, 5.74) is 0. The molecule has 1 unspecified atom stereocenters. The Labute approximate surface area is 96.7 Å².